The van der Waals surface area contributed by atoms with E-state index in [0.29, 0.717) is 11.4 Å². The molecule has 0 saturated carbocycles. The number of para-hydroxylation sites is 1. The second-order valence-electron chi connectivity index (χ2n) is 7.64. The lowest BCUT2D eigenvalue weighted by atomic mass is 10.0. The summed E-state index contributed by atoms with van der Waals surface area (Å²) in [6.45, 7) is 3.78. The smallest absolute Gasteiger partial charge is 0.357 e. The van der Waals surface area contributed by atoms with Gasteiger partial charge in [-0.1, -0.05) is 30.3 Å². The predicted molar refractivity (Wildman–Crippen MR) is 121 cm³/mol. The molecule has 8 heteroatoms. The van der Waals surface area contributed by atoms with Crippen LogP contribution in [-0.2, 0) is 9.47 Å². The minimum atomic E-state index is -0.664. The van der Waals surface area contributed by atoms with Crippen molar-refractivity contribution in [3.63, 3.8) is 0 Å². The fourth-order valence-electron chi connectivity index (χ4n) is 3.87. The molecule has 4 rings (SSSR count). The molecule has 0 radical (unpaired) electrons. The summed E-state index contributed by atoms with van der Waals surface area (Å²) in [7, 11) is 4.67. The van der Waals surface area contributed by atoms with Gasteiger partial charge >= 0.3 is 11.9 Å². The van der Waals surface area contributed by atoms with E-state index in [4.69, 9.17) is 9.47 Å². The molecule has 0 unspecified atom stereocenters. The molecule has 2 aromatic carbocycles. The molecule has 1 fully saturated rings. The second-order valence-corrected chi connectivity index (χ2v) is 7.64. The van der Waals surface area contributed by atoms with Crippen LogP contribution < -0.4 is 4.90 Å². The number of nitrogens with zero attached hydrogens (tertiary/aromatic N) is 4. The number of rotatable bonds is 5. The highest BCUT2D eigenvalue weighted by Crippen LogP contribution is 2.31. The number of carbonyl (C=O) groups is 2. The van der Waals surface area contributed by atoms with Gasteiger partial charge in [0.25, 0.3) is 0 Å². The Morgan fingerprint density at radius 1 is 0.844 bits per heavy atom. The first kappa shape index (κ1) is 21.6. The van der Waals surface area contributed by atoms with Crippen LogP contribution in [0.25, 0.3) is 16.9 Å². The molecule has 1 aliphatic rings. The monoisotopic (exact) mass is 434 g/mol. The summed E-state index contributed by atoms with van der Waals surface area (Å²) in [6, 6.07) is 17.0. The maximum atomic E-state index is 12.8. The Balaban J connectivity index is 1.87. The largest absolute Gasteiger partial charge is 0.465 e. The molecule has 2 heterocycles. The molecule has 0 aliphatic carbocycles. The number of hydrogen-bond acceptors (Lipinski definition) is 7. The zero-order valence-corrected chi connectivity index (χ0v) is 18.4. The lowest BCUT2D eigenvalue weighted by Gasteiger charge is -2.34. The van der Waals surface area contributed by atoms with Gasteiger partial charge in [0.2, 0.25) is 0 Å². The summed E-state index contributed by atoms with van der Waals surface area (Å²) in [6.07, 6.45) is 0. The van der Waals surface area contributed by atoms with Crippen LogP contribution in [0.4, 0.5) is 5.69 Å². The normalized spacial score (nSPS) is 14.3. The fourth-order valence-corrected chi connectivity index (χ4v) is 3.87. The van der Waals surface area contributed by atoms with Crippen LogP contribution in [-0.4, -0.2) is 74.1 Å². The van der Waals surface area contributed by atoms with E-state index in [1.165, 1.54) is 18.9 Å². The molecule has 8 nitrogen and oxygen atoms in total. The van der Waals surface area contributed by atoms with Crippen molar-refractivity contribution in [2.24, 2.45) is 0 Å². The van der Waals surface area contributed by atoms with Gasteiger partial charge in [0.05, 0.1) is 19.9 Å². The van der Waals surface area contributed by atoms with Crippen molar-refractivity contribution in [3.8, 4) is 16.9 Å². The molecular formula is C24H26N4O4. The number of carbonyl (C=O) groups excluding carboxylic acids is 2. The van der Waals surface area contributed by atoms with Crippen molar-refractivity contribution in [3.05, 3.63) is 65.9 Å². The minimum absolute atomic E-state index is 0.0329. The highest BCUT2D eigenvalue weighted by atomic mass is 16.5. The van der Waals surface area contributed by atoms with E-state index >= 15 is 0 Å². The summed E-state index contributed by atoms with van der Waals surface area (Å²) in [5.41, 5.74) is 2.89. The van der Waals surface area contributed by atoms with E-state index in [9.17, 15) is 9.59 Å². The maximum absolute atomic E-state index is 12.8. The van der Waals surface area contributed by atoms with Crippen LogP contribution >= 0.6 is 0 Å². The van der Waals surface area contributed by atoms with Crippen molar-refractivity contribution in [2.75, 3.05) is 52.3 Å². The second kappa shape index (κ2) is 9.23. The first-order valence-electron chi connectivity index (χ1n) is 10.4. The molecule has 3 aromatic rings. The Kier molecular flexibility index (Phi) is 6.23. The number of likely N-dealkylation sites (N-methyl/N-ethyl adjacent to an activating group) is 1. The van der Waals surface area contributed by atoms with Gasteiger partial charge in [0.1, 0.15) is 11.3 Å². The van der Waals surface area contributed by atoms with Crippen LogP contribution in [0.5, 0.6) is 0 Å². The Hall–Kier alpha value is -3.65. The lowest BCUT2D eigenvalue weighted by Crippen LogP contribution is -2.44. The fraction of sp³-hybridized carbons (Fsp3) is 0.292. The molecule has 1 aromatic heterocycles. The summed E-state index contributed by atoms with van der Waals surface area (Å²) in [5.74, 6) is -1.31. The minimum Gasteiger partial charge on any atom is -0.465 e. The number of hydrogen-bond donors (Lipinski definition) is 0. The van der Waals surface area contributed by atoms with Crippen LogP contribution in [0.3, 0.4) is 0 Å². The molecule has 166 valence electrons. The van der Waals surface area contributed by atoms with E-state index in [-0.39, 0.29) is 11.3 Å². The van der Waals surface area contributed by atoms with E-state index < -0.39 is 11.9 Å². The third-order valence-corrected chi connectivity index (χ3v) is 5.64. The van der Waals surface area contributed by atoms with Crippen molar-refractivity contribution in [2.45, 2.75) is 0 Å². The van der Waals surface area contributed by atoms with Crippen LogP contribution in [0.2, 0.25) is 0 Å². The zero-order valence-electron chi connectivity index (χ0n) is 18.4. The molecule has 32 heavy (non-hydrogen) atoms. The number of aromatic nitrogens is 2. The number of methoxy groups -OCH3 is 2. The third-order valence-electron chi connectivity index (χ3n) is 5.64. The van der Waals surface area contributed by atoms with Gasteiger partial charge in [-0.15, -0.1) is 0 Å². The topological polar surface area (TPSA) is 76.9 Å². The Morgan fingerprint density at radius 3 is 2.16 bits per heavy atom. The van der Waals surface area contributed by atoms with Crippen molar-refractivity contribution < 1.29 is 19.1 Å². The number of anilines is 1. The average Bonchev–Trinajstić information content (AvgIpc) is 3.25. The SMILES string of the molecule is COC(=O)c1c(-c2cccc(N3CCN(C)CC3)c2)nn(-c2ccccc2)c1C(=O)OC. The van der Waals surface area contributed by atoms with Crippen molar-refractivity contribution in [1.82, 2.24) is 14.7 Å². The van der Waals surface area contributed by atoms with E-state index in [1.807, 2.05) is 54.6 Å². The number of esters is 2. The average molecular weight is 434 g/mol. The summed E-state index contributed by atoms with van der Waals surface area (Å²) in [4.78, 5) is 30.1. The van der Waals surface area contributed by atoms with Gasteiger partial charge in [-0.05, 0) is 31.3 Å². The molecule has 1 aliphatic heterocycles. The molecule has 0 atom stereocenters. The highest BCUT2D eigenvalue weighted by Gasteiger charge is 2.31. The standard InChI is InChI=1S/C24H26N4O4/c1-26-12-14-27(15-13-26)19-11-7-8-17(16-19)21-20(23(29)31-2)22(24(30)32-3)28(25-21)18-9-5-4-6-10-18/h4-11,16H,12-15H2,1-3H3. The highest BCUT2D eigenvalue weighted by molar-refractivity contribution is 6.07. The number of piperazine rings is 1. The maximum Gasteiger partial charge on any atom is 0.357 e. The molecule has 1 saturated heterocycles. The van der Waals surface area contributed by atoms with Gasteiger partial charge in [0, 0.05) is 37.4 Å². The van der Waals surface area contributed by atoms with Gasteiger partial charge < -0.3 is 19.3 Å². The number of benzene rings is 2. The van der Waals surface area contributed by atoms with E-state index in [2.05, 4.69) is 21.9 Å². The molecule has 0 N–H and O–H groups in total. The lowest BCUT2D eigenvalue weighted by molar-refractivity contribution is 0.0549. The third kappa shape index (κ3) is 4.09. The summed E-state index contributed by atoms with van der Waals surface area (Å²) in [5, 5.41) is 4.68. The van der Waals surface area contributed by atoms with E-state index in [1.54, 1.807) is 0 Å². The van der Waals surface area contributed by atoms with Crippen LogP contribution in [0.15, 0.2) is 54.6 Å². The van der Waals surface area contributed by atoms with E-state index in [0.717, 1.165) is 37.4 Å². The molecule has 0 spiro atoms. The summed E-state index contributed by atoms with van der Waals surface area (Å²) < 4.78 is 11.5. The molecule has 0 amide bonds. The summed E-state index contributed by atoms with van der Waals surface area (Å²) >= 11 is 0. The molecular weight excluding hydrogens is 408 g/mol. The molecule has 0 bridgehead atoms. The Morgan fingerprint density at radius 2 is 1.50 bits per heavy atom. The van der Waals surface area contributed by atoms with Crippen LogP contribution in [0, 0.1) is 0 Å². The van der Waals surface area contributed by atoms with Gasteiger partial charge in [0.15, 0.2) is 5.69 Å². The van der Waals surface area contributed by atoms with Gasteiger partial charge in [-0.3, -0.25) is 0 Å². The quantitative estimate of drug-likeness (QED) is 0.572. The van der Waals surface area contributed by atoms with Crippen molar-refractivity contribution >= 4 is 17.6 Å². The predicted octanol–water partition coefficient (Wildman–Crippen LogP) is 2.86. The van der Waals surface area contributed by atoms with Gasteiger partial charge in [-0.2, -0.15) is 5.10 Å². The Labute approximate surface area is 187 Å². The first-order valence-corrected chi connectivity index (χ1v) is 10.4. The van der Waals surface area contributed by atoms with Crippen molar-refractivity contribution in [1.29, 1.82) is 0 Å². The first-order chi connectivity index (χ1) is 15.5. The van der Waals surface area contributed by atoms with Gasteiger partial charge in [-0.25, -0.2) is 14.3 Å². The zero-order chi connectivity index (χ0) is 22.7. The Bertz CT molecular complexity index is 1120. The number of ether oxygens (including phenoxy) is 2. The van der Waals surface area contributed by atoms with Crippen LogP contribution in [0.1, 0.15) is 20.8 Å².